The van der Waals surface area contributed by atoms with E-state index in [0.29, 0.717) is 17.7 Å². The number of piperidine rings is 2. The summed E-state index contributed by atoms with van der Waals surface area (Å²) in [6, 6.07) is 6.24. The first-order valence-corrected chi connectivity index (χ1v) is 9.29. The molecule has 132 valence electrons. The maximum atomic E-state index is 12.5. The van der Waals surface area contributed by atoms with Gasteiger partial charge in [0.2, 0.25) is 0 Å². The number of H-pyrrole nitrogens is 1. The second-order valence-electron chi connectivity index (χ2n) is 7.12. The zero-order valence-electron chi connectivity index (χ0n) is 14.4. The number of nitrogens with zero attached hydrogens (tertiary/aromatic N) is 3. The van der Waals surface area contributed by atoms with Crippen molar-refractivity contribution in [3.05, 3.63) is 36.3 Å². The van der Waals surface area contributed by atoms with E-state index in [-0.39, 0.29) is 5.91 Å². The third-order valence-electron chi connectivity index (χ3n) is 5.53. The smallest absolute Gasteiger partial charge is 0.269 e. The van der Waals surface area contributed by atoms with Crippen LogP contribution in [0.5, 0.6) is 0 Å². The minimum atomic E-state index is -0.0735. The van der Waals surface area contributed by atoms with Crippen LogP contribution >= 0.6 is 0 Å². The van der Waals surface area contributed by atoms with Crippen molar-refractivity contribution in [2.45, 2.75) is 38.1 Å². The topological polar surface area (TPSA) is 73.9 Å². The van der Waals surface area contributed by atoms with Crippen LogP contribution in [0, 0.1) is 5.92 Å². The van der Waals surface area contributed by atoms with Crippen LogP contribution in [0.25, 0.3) is 11.3 Å². The van der Waals surface area contributed by atoms with Crippen molar-refractivity contribution < 1.29 is 4.79 Å². The van der Waals surface area contributed by atoms with Crippen molar-refractivity contribution in [2.24, 2.45) is 5.92 Å². The number of hydrogen-bond acceptors (Lipinski definition) is 4. The summed E-state index contributed by atoms with van der Waals surface area (Å²) in [7, 11) is 0. The number of amides is 1. The number of pyridine rings is 1. The molecule has 2 saturated heterocycles. The Balaban J connectivity index is 1.37. The number of fused-ring (bicyclic) bond motifs is 1. The van der Waals surface area contributed by atoms with E-state index in [9.17, 15) is 4.79 Å². The molecule has 2 aliphatic rings. The molecule has 0 unspecified atom stereocenters. The van der Waals surface area contributed by atoms with Crippen molar-refractivity contribution in [1.82, 2.24) is 25.4 Å². The second-order valence-corrected chi connectivity index (χ2v) is 7.12. The summed E-state index contributed by atoms with van der Waals surface area (Å²) in [6.07, 6.45) is 9.84. The Bertz CT molecular complexity index is 712. The predicted molar refractivity (Wildman–Crippen MR) is 96.1 cm³/mol. The van der Waals surface area contributed by atoms with Gasteiger partial charge in [-0.15, -0.1) is 0 Å². The lowest BCUT2D eigenvalue weighted by Crippen LogP contribution is -2.51. The SMILES string of the molecule is O=C(NC[C@@H]1CCCN2CCCC[C@@H]12)c1cc(-c2cccnc2)n[nH]1. The van der Waals surface area contributed by atoms with Crippen LogP contribution in [-0.4, -0.2) is 51.7 Å². The van der Waals surface area contributed by atoms with Gasteiger partial charge < -0.3 is 10.2 Å². The molecule has 4 heterocycles. The monoisotopic (exact) mass is 339 g/mol. The maximum absolute atomic E-state index is 12.5. The molecule has 1 amide bonds. The van der Waals surface area contributed by atoms with Gasteiger partial charge in [-0.2, -0.15) is 5.10 Å². The fourth-order valence-electron chi connectivity index (χ4n) is 4.23. The molecule has 2 fully saturated rings. The van der Waals surface area contributed by atoms with Gasteiger partial charge in [-0.25, -0.2) is 0 Å². The van der Waals surface area contributed by atoms with Gasteiger partial charge >= 0.3 is 0 Å². The summed E-state index contributed by atoms with van der Waals surface area (Å²) in [6.45, 7) is 3.20. The summed E-state index contributed by atoms with van der Waals surface area (Å²) in [5.74, 6) is 0.495. The van der Waals surface area contributed by atoms with Crippen LogP contribution in [0.1, 0.15) is 42.6 Å². The van der Waals surface area contributed by atoms with Gasteiger partial charge in [-0.1, -0.05) is 6.42 Å². The Labute approximate surface area is 148 Å². The highest BCUT2D eigenvalue weighted by molar-refractivity contribution is 5.93. The van der Waals surface area contributed by atoms with E-state index < -0.39 is 0 Å². The number of aromatic nitrogens is 3. The van der Waals surface area contributed by atoms with Gasteiger partial charge in [-0.05, 0) is 62.9 Å². The first kappa shape index (κ1) is 16.3. The average Bonchev–Trinajstić information content (AvgIpc) is 3.17. The number of rotatable bonds is 4. The fourth-order valence-corrected chi connectivity index (χ4v) is 4.23. The summed E-state index contributed by atoms with van der Waals surface area (Å²) in [4.78, 5) is 19.2. The maximum Gasteiger partial charge on any atom is 0.269 e. The van der Waals surface area contributed by atoms with E-state index in [4.69, 9.17) is 0 Å². The number of aromatic amines is 1. The van der Waals surface area contributed by atoms with E-state index >= 15 is 0 Å². The number of nitrogens with one attached hydrogen (secondary N) is 2. The van der Waals surface area contributed by atoms with E-state index in [2.05, 4.69) is 25.4 Å². The number of hydrogen-bond donors (Lipinski definition) is 2. The summed E-state index contributed by atoms with van der Waals surface area (Å²) >= 11 is 0. The highest BCUT2D eigenvalue weighted by atomic mass is 16.1. The van der Waals surface area contributed by atoms with Gasteiger partial charge in [0.15, 0.2) is 0 Å². The zero-order valence-corrected chi connectivity index (χ0v) is 14.4. The molecule has 2 aliphatic heterocycles. The van der Waals surface area contributed by atoms with Crippen LogP contribution < -0.4 is 5.32 Å². The van der Waals surface area contributed by atoms with Gasteiger partial charge in [0.1, 0.15) is 5.69 Å². The largest absolute Gasteiger partial charge is 0.350 e. The number of carbonyl (C=O) groups excluding carboxylic acids is 1. The molecule has 0 aliphatic carbocycles. The third kappa shape index (κ3) is 3.58. The van der Waals surface area contributed by atoms with Crippen LogP contribution in [0.15, 0.2) is 30.6 Å². The zero-order chi connectivity index (χ0) is 17.1. The normalized spacial score (nSPS) is 23.8. The molecule has 2 N–H and O–H groups in total. The van der Waals surface area contributed by atoms with E-state index in [1.54, 1.807) is 18.5 Å². The lowest BCUT2D eigenvalue weighted by Gasteiger charge is -2.44. The third-order valence-corrected chi connectivity index (χ3v) is 5.53. The second kappa shape index (κ2) is 7.35. The molecule has 25 heavy (non-hydrogen) atoms. The minimum Gasteiger partial charge on any atom is -0.350 e. The van der Waals surface area contributed by atoms with E-state index in [1.165, 1.54) is 45.2 Å². The highest BCUT2D eigenvalue weighted by Crippen LogP contribution is 2.30. The Morgan fingerprint density at radius 2 is 2.20 bits per heavy atom. The Hall–Kier alpha value is -2.21. The quantitative estimate of drug-likeness (QED) is 0.897. The molecule has 2 atom stereocenters. The van der Waals surface area contributed by atoms with E-state index in [0.717, 1.165) is 17.8 Å². The van der Waals surface area contributed by atoms with Crippen molar-refractivity contribution in [3.63, 3.8) is 0 Å². The lowest BCUT2D eigenvalue weighted by molar-refractivity contribution is 0.0575. The first-order chi connectivity index (χ1) is 12.3. The van der Waals surface area contributed by atoms with Crippen molar-refractivity contribution in [3.8, 4) is 11.3 Å². The molecular formula is C19H25N5O. The van der Waals surface area contributed by atoms with Crippen LogP contribution in [-0.2, 0) is 0 Å². The highest BCUT2D eigenvalue weighted by Gasteiger charge is 2.33. The Morgan fingerprint density at radius 1 is 1.28 bits per heavy atom. The molecule has 0 bridgehead atoms. The van der Waals surface area contributed by atoms with Gasteiger partial charge in [-0.3, -0.25) is 14.9 Å². The average molecular weight is 339 g/mol. The molecule has 6 heteroatoms. The van der Waals surface area contributed by atoms with E-state index in [1.807, 2.05) is 12.1 Å². The van der Waals surface area contributed by atoms with Crippen LogP contribution in [0.3, 0.4) is 0 Å². The van der Waals surface area contributed by atoms with Gasteiger partial charge in [0.05, 0.1) is 5.69 Å². The minimum absolute atomic E-state index is 0.0735. The molecule has 0 spiro atoms. The molecule has 0 saturated carbocycles. The molecular weight excluding hydrogens is 314 g/mol. The van der Waals surface area contributed by atoms with Crippen LogP contribution in [0.4, 0.5) is 0 Å². The molecule has 6 nitrogen and oxygen atoms in total. The standard InChI is InChI=1S/C19H25N5O/c25-19(17-11-16(22-23-17)14-5-3-8-20-12-14)21-13-15-6-4-10-24-9-2-1-7-18(15)24/h3,5,8,11-12,15,18H,1-2,4,6-7,9-10,13H2,(H,21,25)(H,22,23)/t15-,18-/m0/s1. The summed E-state index contributed by atoms with van der Waals surface area (Å²) < 4.78 is 0. The summed E-state index contributed by atoms with van der Waals surface area (Å²) in [5, 5.41) is 10.2. The molecule has 2 aromatic rings. The van der Waals surface area contributed by atoms with Gasteiger partial charge in [0.25, 0.3) is 5.91 Å². The Kier molecular flexibility index (Phi) is 4.78. The lowest BCUT2D eigenvalue weighted by atomic mass is 9.83. The summed E-state index contributed by atoms with van der Waals surface area (Å²) in [5.41, 5.74) is 2.16. The van der Waals surface area contributed by atoms with Crippen molar-refractivity contribution in [2.75, 3.05) is 19.6 Å². The van der Waals surface area contributed by atoms with Crippen molar-refractivity contribution >= 4 is 5.91 Å². The van der Waals surface area contributed by atoms with Crippen molar-refractivity contribution in [1.29, 1.82) is 0 Å². The van der Waals surface area contributed by atoms with Crippen LogP contribution in [0.2, 0.25) is 0 Å². The fraction of sp³-hybridized carbons (Fsp3) is 0.526. The molecule has 4 rings (SSSR count). The van der Waals surface area contributed by atoms with Gasteiger partial charge in [0, 0.05) is 30.5 Å². The first-order valence-electron chi connectivity index (χ1n) is 9.29. The molecule has 0 aromatic carbocycles. The molecule has 2 aromatic heterocycles. The number of carbonyl (C=O) groups is 1. The Morgan fingerprint density at radius 3 is 3.08 bits per heavy atom. The molecule has 0 radical (unpaired) electrons. The predicted octanol–water partition coefficient (Wildman–Crippen LogP) is 2.47.